The van der Waals surface area contributed by atoms with Crippen molar-refractivity contribution in [1.82, 2.24) is 0 Å². The summed E-state index contributed by atoms with van der Waals surface area (Å²) in [6.45, 7) is 17.7. The van der Waals surface area contributed by atoms with E-state index in [1.165, 1.54) is 6.92 Å². The number of carbonyl (C=O) groups is 1. The van der Waals surface area contributed by atoms with Gasteiger partial charge in [0, 0.05) is 51.0 Å². The number of aliphatic hydroxyl groups is 5. The SMILES string of the molecule is C=C(COC(=O)C(C)(O)CC1CCC(O)C2(C=C(C)CC(C(C)C=CC3CCC4(CCC5OC(C(O)CC(C)C6OC7(CCCCO7)CCC6C)C(=C)C(O)C5O4)O3)O2)O1)C(CCO)OO. The molecule has 18 atom stereocenters. The third-order valence-corrected chi connectivity index (χ3v) is 15.3. The smallest absolute Gasteiger partial charge is 0.338 e. The van der Waals surface area contributed by atoms with E-state index < -0.39 is 77.8 Å². The van der Waals surface area contributed by atoms with Gasteiger partial charge in [-0.05, 0) is 101 Å². The summed E-state index contributed by atoms with van der Waals surface area (Å²) in [5.41, 5.74) is -0.365. The number of rotatable bonds is 16. The summed E-state index contributed by atoms with van der Waals surface area (Å²) in [5.74, 6) is -3.58. The maximum atomic E-state index is 13.0. The van der Waals surface area contributed by atoms with E-state index in [-0.39, 0.29) is 61.8 Å². The van der Waals surface area contributed by atoms with Crippen LogP contribution in [0.15, 0.2) is 48.1 Å². The summed E-state index contributed by atoms with van der Waals surface area (Å²) >= 11 is 0. The van der Waals surface area contributed by atoms with E-state index in [2.05, 4.69) is 38.0 Å². The van der Waals surface area contributed by atoms with Gasteiger partial charge in [-0.1, -0.05) is 51.7 Å². The van der Waals surface area contributed by atoms with Gasteiger partial charge >= 0.3 is 5.97 Å². The molecule has 0 amide bonds. The Morgan fingerprint density at radius 2 is 1.77 bits per heavy atom. The van der Waals surface area contributed by atoms with Gasteiger partial charge in [0.05, 0.1) is 43.2 Å². The minimum atomic E-state index is -1.95. The Bertz CT molecular complexity index is 1740. The van der Waals surface area contributed by atoms with Crippen molar-refractivity contribution in [3.05, 3.63) is 48.1 Å². The minimum Gasteiger partial charge on any atom is -0.459 e. The van der Waals surface area contributed by atoms with E-state index in [0.717, 1.165) is 44.3 Å². The Morgan fingerprint density at radius 3 is 2.50 bits per heavy atom. The Hall–Kier alpha value is -2.13. The number of esters is 1. The highest BCUT2D eigenvalue weighted by Crippen LogP contribution is 2.47. The first-order valence-corrected chi connectivity index (χ1v) is 24.6. The normalized spacial score (nSPS) is 41.3. The second-order valence-corrected chi connectivity index (χ2v) is 20.9. The molecule has 6 N–H and O–H groups in total. The van der Waals surface area contributed by atoms with Gasteiger partial charge in [-0.25, -0.2) is 9.68 Å². The van der Waals surface area contributed by atoms with Crippen LogP contribution in [0.5, 0.6) is 0 Å². The van der Waals surface area contributed by atoms with E-state index >= 15 is 0 Å². The highest BCUT2D eigenvalue weighted by Gasteiger charge is 2.55. The highest BCUT2D eigenvalue weighted by molar-refractivity contribution is 5.78. The predicted molar refractivity (Wildman–Crippen MR) is 239 cm³/mol. The monoisotopic (exact) mass is 935 g/mol. The Labute approximate surface area is 390 Å². The molecule has 7 aliphatic heterocycles. The van der Waals surface area contributed by atoms with Gasteiger partial charge in [0.1, 0.15) is 37.1 Å². The molecule has 0 aromatic rings. The van der Waals surface area contributed by atoms with E-state index in [0.29, 0.717) is 62.9 Å². The van der Waals surface area contributed by atoms with Crippen LogP contribution in [-0.2, 0) is 47.6 Å². The Kier molecular flexibility index (Phi) is 16.8. The third-order valence-electron chi connectivity index (χ3n) is 15.3. The lowest BCUT2D eigenvalue weighted by Crippen LogP contribution is -2.60. The van der Waals surface area contributed by atoms with Gasteiger partial charge in [-0.2, -0.15) is 0 Å². The molecule has 0 saturated carbocycles. The zero-order valence-corrected chi connectivity index (χ0v) is 39.7. The molecule has 6 fully saturated rings. The molecule has 16 nitrogen and oxygen atoms in total. The molecule has 16 heteroatoms. The largest absolute Gasteiger partial charge is 0.459 e. The first-order valence-electron chi connectivity index (χ1n) is 24.6. The van der Waals surface area contributed by atoms with Crippen molar-refractivity contribution in [2.45, 2.75) is 221 Å². The highest BCUT2D eigenvalue weighted by atomic mass is 17.1. The van der Waals surface area contributed by atoms with Gasteiger partial charge in [0.2, 0.25) is 5.79 Å². The van der Waals surface area contributed by atoms with E-state index in [4.69, 9.17) is 43.2 Å². The second kappa shape index (κ2) is 21.5. The van der Waals surface area contributed by atoms with Crippen LogP contribution in [0.1, 0.15) is 131 Å². The molecule has 3 spiro atoms. The summed E-state index contributed by atoms with van der Waals surface area (Å²) in [4.78, 5) is 17.3. The average molecular weight is 935 g/mol. The first kappa shape index (κ1) is 51.7. The summed E-state index contributed by atoms with van der Waals surface area (Å²) in [6.07, 6.45) is 7.94. The quantitative estimate of drug-likeness (QED) is 0.0489. The number of hydrogen-bond acceptors (Lipinski definition) is 16. The van der Waals surface area contributed by atoms with Gasteiger partial charge in [-0.3, -0.25) is 5.26 Å². The number of fused-ring (bicyclic) bond motifs is 1. The fraction of sp³-hybridized carbons (Fsp3) is 0.820. The molecule has 374 valence electrons. The van der Waals surface area contributed by atoms with Crippen molar-refractivity contribution in [3.8, 4) is 0 Å². The van der Waals surface area contributed by atoms with Crippen LogP contribution in [0.2, 0.25) is 0 Å². The van der Waals surface area contributed by atoms with Crippen molar-refractivity contribution < 1.29 is 78.4 Å². The van der Waals surface area contributed by atoms with Crippen molar-refractivity contribution in [1.29, 1.82) is 0 Å². The van der Waals surface area contributed by atoms with Gasteiger partial charge in [-0.15, -0.1) is 0 Å². The third kappa shape index (κ3) is 11.6. The number of carbonyl (C=O) groups excluding carboxylic acids is 1. The van der Waals surface area contributed by atoms with Crippen LogP contribution in [0, 0.1) is 17.8 Å². The fourth-order valence-electron chi connectivity index (χ4n) is 11.4. The Morgan fingerprint density at radius 1 is 1.02 bits per heavy atom. The number of aliphatic hydroxyl groups excluding tert-OH is 4. The molecule has 7 heterocycles. The van der Waals surface area contributed by atoms with E-state index in [9.17, 15) is 30.3 Å². The molecule has 18 unspecified atom stereocenters. The lowest BCUT2D eigenvalue weighted by atomic mass is 9.79. The maximum Gasteiger partial charge on any atom is 0.338 e. The van der Waals surface area contributed by atoms with Crippen LogP contribution < -0.4 is 0 Å². The first-order chi connectivity index (χ1) is 31.3. The van der Waals surface area contributed by atoms with E-state index in [1.54, 1.807) is 6.08 Å². The Balaban J connectivity index is 0.899. The topological polar surface area (TPSA) is 222 Å². The van der Waals surface area contributed by atoms with Crippen molar-refractivity contribution in [3.63, 3.8) is 0 Å². The lowest BCUT2D eigenvalue weighted by Gasteiger charge is -2.50. The zero-order chi connectivity index (χ0) is 47.6. The summed E-state index contributed by atoms with van der Waals surface area (Å²) < 4.78 is 50.9. The van der Waals surface area contributed by atoms with Crippen LogP contribution in [0.3, 0.4) is 0 Å². The summed E-state index contributed by atoms with van der Waals surface area (Å²) in [5, 5.41) is 63.9. The molecule has 0 aromatic carbocycles. The molecule has 0 radical (unpaired) electrons. The van der Waals surface area contributed by atoms with Crippen molar-refractivity contribution in [2.24, 2.45) is 17.8 Å². The molecule has 0 aromatic heterocycles. The molecule has 66 heavy (non-hydrogen) atoms. The van der Waals surface area contributed by atoms with Crippen LogP contribution >= 0.6 is 0 Å². The molecular formula is C50H78O16. The predicted octanol–water partition coefficient (Wildman–Crippen LogP) is 5.47. The maximum absolute atomic E-state index is 13.0. The van der Waals surface area contributed by atoms with Crippen LogP contribution in [0.25, 0.3) is 0 Å². The van der Waals surface area contributed by atoms with Crippen molar-refractivity contribution >= 4 is 5.97 Å². The average Bonchev–Trinajstić information content (AvgIpc) is 3.68. The molecule has 6 saturated heterocycles. The number of ether oxygens (including phenoxy) is 8. The summed E-state index contributed by atoms with van der Waals surface area (Å²) in [7, 11) is 0. The number of hydrogen-bond donors (Lipinski definition) is 6. The van der Waals surface area contributed by atoms with Gasteiger partial charge in [0.25, 0.3) is 0 Å². The molecule has 7 aliphatic rings. The van der Waals surface area contributed by atoms with Crippen molar-refractivity contribution in [2.75, 3.05) is 19.8 Å². The van der Waals surface area contributed by atoms with Gasteiger partial charge in [0.15, 0.2) is 17.2 Å². The molecular weight excluding hydrogens is 857 g/mol. The standard InChI is InChI=1S/C50H78O16/c1-29-24-40(63-50(26-29)41(53)13-12-36(62-50)27-47(7,56)46(55)58-28-33(5)38(66-57)17-22-51)30(2)10-11-35-15-20-49(61-35)21-16-39-45(65-49)42(54)34(6)44(60-39)37(52)25-32(4)43-31(3)14-19-48(64-43)18-8-9-23-59-48/h10-11,26,30-32,35-45,51-54,56-57H,5-6,8-9,12-25,27-28H2,1-4,7H3. The molecule has 0 bridgehead atoms. The zero-order valence-electron chi connectivity index (χ0n) is 39.7. The summed E-state index contributed by atoms with van der Waals surface area (Å²) in [6, 6.07) is 0. The van der Waals surface area contributed by atoms with Gasteiger partial charge < -0.3 is 63.4 Å². The van der Waals surface area contributed by atoms with Crippen LogP contribution in [-0.4, -0.2) is 147 Å². The molecule has 0 aliphatic carbocycles. The molecule has 7 rings (SSSR count). The fourth-order valence-corrected chi connectivity index (χ4v) is 11.4. The van der Waals surface area contributed by atoms with E-state index in [1.807, 2.05) is 19.9 Å². The second-order valence-electron chi connectivity index (χ2n) is 20.9. The lowest BCUT2D eigenvalue weighted by molar-refractivity contribution is -0.321. The van der Waals surface area contributed by atoms with Crippen LogP contribution in [0.4, 0.5) is 0 Å². The minimum absolute atomic E-state index is 0.0369.